The van der Waals surface area contributed by atoms with Gasteiger partial charge < -0.3 is 15.3 Å². The molecule has 0 radical (unpaired) electrons. The number of hydrogen-bond acceptors (Lipinski definition) is 5. The van der Waals surface area contributed by atoms with Gasteiger partial charge in [-0.15, -0.1) is 0 Å². The molecule has 0 bridgehead atoms. The molecule has 0 aliphatic heterocycles. The van der Waals surface area contributed by atoms with E-state index in [1.807, 2.05) is 13.8 Å². The van der Waals surface area contributed by atoms with Crippen LogP contribution in [0, 0.1) is 0 Å². The van der Waals surface area contributed by atoms with Gasteiger partial charge in [0.25, 0.3) is 0 Å². The van der Waals surface area contributed by atoms with E-state index in [2.05, 4.69) is 15.3 Å². The monoisotopic (exact) mass is 306 g/mol. The van der Waals surface area contributed by atoms with E-state index in [1.54, 1.807) is 4.90 Å². The molecule has 21 heavy (non-hydrogen) atoms. The SMILES string of the molecule is CCCNc1nc(N(CCC)CCO)cc(C(F)(F)F)n1. The van der Waals surface area contributed by atoms with Gasteiger partial charge in [-0.3, -0.25) is 0 Å². The Morgan fingerprint density at radius 3 is 2.43 bits per heavy atom. The largest absolute Gasteiger partial charge is 0.433 e. The molecular formula is C13H21F3N4O. The third-order valence-corrected chi connectivity index (χ3v) is 2.72. The first kappa shape index (κ1) is 17.5. The molecule has 1 aromatic rings. The Morgan fingerprint density at radius 2 is 1.90 bits per heavy atom. The van der Waals surface area contributed by atoms with Gasteiger partial charge in [0.2, 0.25) is 5.95 Å². The summed E-state index contributed by atoms with van der Waals surface area (Å²) in [7, 11) is 0. The molecule has 1 rings (SSSR count). The van der Waals surface area contributed by atoms with Gasteiger partial charge in [-0.2, -0.15) is 18.2 Å². The molecule has 0 unspecified atom stereocenters. The van der Waals surface area contributed by atoms with Crippen LogP contribution in [-0.4, -0.2) is 41.3 Å². The maximum Gasteiger partial charge on any atom is 0.433 e. The fraction of sp³-hybridized carbons (Fsp3) is 0.692. The summed E-state index contributed by atoms with van der Waals surface area (Å²) in [6.07, 6.45) is -3.04. The van der Waals surface area contributed by atoms with Crippen molar-refractivity contribution in [1.82, 2.24) is 9.97 Å². The van der Waals surface area contributed by atoms with E-state index in [1.165, 1.54) is 0 Å². The Labute approximate surface area is 122 Å². The van der Waals surface area contributed by atoms with Crippen LogP contribution >= 0.6 is 0 Å². The molecule has 1 heterocycles. The molecule has 0 saturated heterocycles. The molecule has 0 aromatic carbocycles. The molecule has 0 fully saturated rings. The molecule has 8 heteroatoms. The van der Waals surface area contributed by atoms with Crippen LogP contribution in [0.25, 0.3) is 0 Å². The number of hydrogen-bond donors (Lipinski definition) is 2. The fourth-order valence-corrected chi connectivity index (χ4v) is 1.79. The highest BCUT2D eigenvalue weighted by molar-refractivity contribution is 5.45. The number of aromatic nitrogens is 2. The first-order valence-electron chi connectivity index (χ1n) is 6.98. The Morgan fingerprint density at radius 1 is 1.19 bits per heavy atom. The van der Waals surface area contributed by atoms with Crippen LogP contribution in [-0.2, 0) is 6.18 Å². The lowest BCUT2D eigenvalue weighted by atomic mass is 10.3. The minimum atomic E-state index is -4.53. The lowest BCUT2D eigenvalue weighted by Crippen LogP contribution is -2.29. The van der Waals surface area contributed by atoms with Gasteiger partial charge in [0.1, 0.15) is 5.82 Å². The number of rotatable bonds is 8. The van der Waals surface area contributed by atoms with Gasteiger partial charge >= 0.3 is 6.18 Å². The topological polar surface area (TPSA) is 61.3 Å². The number of anilines is 2. The predicted molar refractivity (Wildman–Crippen MR) is 75.4 cm³/mol. The molecule has 120 valence electrons. The zero-order valence-corrected chi connectivity index (χ0v) is 12.2. The summed E-state index contributed by atoms with van der Waals surface area (Å²) in [6, 6.07) is 0.919. The molecule has 2 N–H and O–H groups in total. The number of alkyl halides is 3. The molecule has 0 aliphatic rings. The number of aliphatic hydroxyl groups is 1. The van der Waals surface area contributed by atoms with E-state index in [9.17, 15) is 13.2 Å². The molecule has 0 aliphatic carbocycles. The number of nitrogens with zero attached hydrogens (tertiary/aromatic N) is 3. The van der Waals surface area contributed by atoms with Crippen molar-refractivity contribution in [2.75, 3.05) is 36.5 Å². The molecule has 0 saturated carbocycles. The zero-order valence-electron chi connectivity index (χ0n) is 12.2. The highest BCUT2D eigenvalue weighted by Crippen LogP contribution is 2.30. The second kappa shape index (κ2) is 8.02. The van der Waals surface area contributed by atoms with Crippen LogP contribution in [0.4, 0.5) is 24.9 Å². The second-order valence-corrected chi connectivity index (χ2v) is 4.57. The van der Waals surface area contributed by atoms with E-state index in [4.69, 9.17) is 5.11 Å². The summed E-state index contributed by atoms with van der Waals surface area (Å²) in [5.74, 6) is 0.132. The lowest BCUT2D eigenvalue weighted by molar-refractivity contribution is -0.141. The van der Waals surface area contributed by atoms with E-state index < -0.39 is 11.9 Å². The summed E-state index contributed by atoms with van der Waals surface area (Å²) in [4.78, 5) is 9.24. The van der Waals surface area contributed by atoms with Crippen LogP contribution < -0.4 is 10.2 Å². The van der Waals surface area contributed by atoms with Crippen LogP contribution in [0.5, 0.6) is 0 Å². The van der Waals surface area contributed by atoms with Gasteiger partial charge in [0.05, 0.1) is 6.61 Å². The van der Waals surface area contributed by atoms with Crippen molar-refractivity contribution in [1.29, 1.82) is 0 Å². The van der Waals surface area contributed by atoms with Gasteiger partial charge in [0, 0.05) is 25.7 Å². The minimum absolute atomic E-state index is 0.0410. The minimum Gasteiger partial charge on any atom is -0.395 e. The van der Waals surface area contributed by atoms with Crippen molar-refractivity contribution < 1.29 is 18.3 Å². The molecule has 1 aromatic heterocycles. The highest BCUT2D eigenvalue weighted by atomic mass is 19.4. The van der Waals surface area contributed by atoms with Gasteiger partial charge in [-0.05, 0) is 12.8 Å². The molecular weight excluding hydrogens is 285 g/mol. The molecule has 0 amide bonds. The average Bonchev–Trinajstić information content (AvgIpc) is 2.43. The second-order valence-electron chi connectivity index (χ2n) is 4.57. The molecule has 0 spiro atoms. The van der Waals surface area contributed by atoms with Crippen LogP contribution in [0.2, 0.25) is 0 Å². The van der Waals surface area contributed by atoms with Gasteiger partial charge in [0.15, 0.2) is 5.69 Å². The summed E-state index contributed by atoms with van der Waals surface area (Å²) < 4.78 is 38.8. The van der Waals surface area contributed by atoms with E-state index >= 15 is 0 Å². The Kier molecular flexibility index (Phi) is 6.67. The first-order valence-corrected chi connectivity index (χ1v) is 6.98. The number of halogens is 3. The summed E-state index contributed by atoms with van der Waals surface area (Å²) in [5.41, 5.74) is -0.981. The third-order valence-electron chi connectivity index (χ3n) is 2.72. The van der Waals surface area contributed by atoms with Crippen molar-refractivity contribution in [3.63, 3.8) is 0 Å². The maximum absolute atomic E-state index is 12.9. The van der Waals surface area contributed by atoms with Gasteiger partial charge in [-0.1, -0.05) is 13.8 Å². The first-order chi connectivity index (χ1) is 9.92. The predicted octanol–water partition coefficient (Wildman–Crippen LogP) is 2.53. The number of aliphatic hydroxyl groups excluding tert-OH is 1. The van der Waals surface area contributed by atoms with Gasteiger partial charge in [-0.25, -0.2) is 4.98 Å². The van der Waals surface area contributed by atoms with Crippen LogP contribution in [0.1, 0.15) is 32.4 Å². The van der Waals surface area contributed by atoms with Crippen LogP contribution in [0.3, 0.4) is 0 Å². The Hall–Kier alpha value is -1.57. The smallest absolute Gasteiger partial charge is 0.395 e. The standard InChI is InChI=1S/C13H21F3N4O/c1-3-5-17-12-18-10(13(14,15)16)9-11(19-12)20(6-4-2)7-8-21/h9,21H,3-8H2,1-2H3,(H,17,18,19). The fourth-order valence-electron chi connectivity index (χ4n) is 1.79. The van der Waals surface area contributed by atoms with E-state index in [0.29, 0.717) is 13.1 Å². The molecule has 5 nitrogen and oxygen atoms in total. The quantitative estimate of drug-likeness (QED) is 0.773. The average molecular weight is 306 g/mol. The maximum atomic E-state index is 12.9. The van der Waals surface area contributed by atoms with Crippen molar-refractivity contribution in [3.05, 3.63) is 11.8 Å². The normalized spacial score (nSPS) is 11.5. The Bertz CT molecular complexity index is 434. The van der Waals surface area contributed by atoms with Crippen molar-refractivity contribution in [2.24, 2.45) is 0 Å². The Balaban J connectivity index is 3.15. The van der Waals surface area contributed by atoms with E-state index in [0.717, 1.165) is 18.9 Å². The van der Waals surface area contributed by atoms with Crippen molar-refractivity contribution in [3.8, 4) is 0 Å². The summed E-state index contributed by atoms with van der Waals surface area (Å²) in [5, 5.41) is 11.8. The highest BCUT2D eigenvalue weighted by Gasteiger charge is 2.34. The van der Waals surface area contributed by atoms with Crippen LogP contribution in [0.15, 0.2) is 6.07 Å². The third kappa shape index (κ3) is 5.37. The number of nitrogens with one attached hydrogen (secondary N) is 1. The van der Waals surface area contributed by atoms with E-state index in [-0.39, 0.29) is 24.9 Å². The summed E-state index contributed by atoms with van der Waals surface area (Å²) >= 11 is 0. The van der Waals surface area contributed by atoms with Crippen molar-refractivity contribution in [2.45, 2.75) is 32.9 Å². The summed E-state index contributed by atoms with van der Waals surface area (Å²) in [6.45, 7) is 4.90. The zero-order chi connectivity index (χ0) is 15.9. The molecule has 0 atom stereocenters. The van der Waals surface area contributed by atoms with Crippen molar-refractivity contribution >= 4 is 11.8 Å². The lowest BCUT2D eigenvalue weighted by Gasteiger charge is -2.23.